The van der Waals surface area contributed by atoms with Crippen LogP contribution in [-0.4, -0.2) is 25.7 Å². The summed E-state index contributed by atoms with van der Waals surface area (Å²) in [6.07, 6.45) is 3.76. The minimum Gasteiger partial charge on any atom is -0.435 e. The lowest BCUT2D eigenvalue weighted by molar-refractivity contribution is -0.116. The summed E-state index contributed by atoms with van der Waals surface area (Å²) in [5, 5.41) is 2.44. The van der Waals surface area contributed by atoms with Gasteiger partial charge in [-0.2, -0.15) is 17.6 Å². The minimum atomic E-state index is -3.15. The summed E-state index contributed by atoms with van der Waals surface area (Å²) in [4.78, 5) is 11.4. The normalized spacial score (nSPS) is 11.0. The fourth-order valence-electron chi connectivity index (χ4n) is 1.42. The highest BCUT2D eigenvalue weighted by Gasteiger charge is 2.12. The van der Waals surface area contributed by atoms with Crippen molar-refractivity contribution in [1.29, 1.82) is 0 Å². The molecule has 0 aromatic heterocycles. The van der Waals surface area contributed by atoms with Crippen molar-refractivity contribution >= 4 is 12.0 Å². The van der Waals surface area contributed by atoms with Crippen molar-refractivity contribution in [3.05, 3.63) is 42.5 Å². The van der Waals surface area contributed by atoms with Gasteiger partial charge in [0.05, 0.1) is 0 Å². The third kappa shape index (κ3) is 6.29. The van der Waals surface area contributed by atoms with E-state index in [1.807, 2.05) is 0 Å². The summed E-state index contributed by atoms with van der Waals surface area (Å²) < 4.78 is 57.2. The van der Waals surface area contributed by atoms with Gasteiger partial charge in [0.1, 0.15) is 11.5 Å². The molecule has 0 heterocycles. The highest BCUT2D eigenvalue weighted by molar-refractivity contribution is 5.92. The second kappa shape index (κ2) is 8.71. The first-order chi connectivity index (χ1) is 10.4. The Labute approximate surface area is 124 Å². The number of alkyl halides is 4. The van der Waals surface area contributed by atoms with Gasteiger partial charge in [-0.15, -0.1) is 6.58 Å². The van der Waals surface area contributed by atoms with Crippen molar-refractivity contribution in [3.8, 4) is 11.5 Å². The van der Waals surface area contributed by atoms with Crippen LogP contribution in [0.1, 0.15) is 5.56 Å². The van der Waals surface area contributed by atoms with Gasteiger partial charge >= 0.3 is 13.2 Å². The molecular weight excluding hydrogens is 306 g/mol. The standard InChI is InChI=1S/C14H13F4NO3/c1-2-7-19-12(20)6-4-9-3-5-10(21-13(15)16)8-11(9)22-14(17)18/h2-6,8,13-14H,1,7H2,(H,19,20)/b6-4+. The van der Waals surface area contributed by atoms with Crippen LogP contribution in [0.4, 0.5) is 17.6 Å². The molecule has 0 radical (unpaired) electrons. The fourth-order valence-corrected chi connectivity index (χ4v) is 1.42. The van der Waals surface area contributed by atoms with Gasteiger partial charge in [0.25, 0.3) is 0 Å². The summed E-state index contributed by atoms with van der Waals surface area (Å²) in [5.41, 5.74) is 0.107. The van der Waals surface area contributed by atoms with Crippen LogP contribution in [0.3, 0.4) is 0 Å². The third-order valence-corrected chi connectivity index (χ3v) is 2.26. The van der Waals surface area contributed by atoms with E-state index in [1.54, 1.807) is 0 Å². The molecule has 1 rings (SSSR count). The van der Waals surface area contributed by atoms with Gasteiger partial charge < -0.3 is 14.8 Å². The number of amides is 1. The van der Waals surface area contributed by atoms with E-state index < -0.39 is 19.1 Å². The van der Waals surface area contributed by atoms with Crippen molar-refractivity contribution < 1.29 is 31.8 Å². The Balaban J connectivity index is 2.94. The van der Waals surface area contributed by atoms with E-state index in [-0.39, 0.29) is 23.6 Å². The lowest BCUT2D eigenvalue weighted by Crippen LogP contribution is -2.20. The molecule has 22 heavy (non-hydrogen) atoms. The quantitative estimate of drug-likeness (QED) is 0.455. The zero-order valence-corrected chi connectivity index (χ0v) is 11.3. The first kappa shape index (κ1) is 17.5. The van der Waals surface area contributed by atoms with Crippen LogP contribution in [-0.2, 0) is 4.79 Å². The minimum absolute atomic E-state index is 0.107. The van der Waals surface area contributed by atoms with Crippen molar-refractivity contribution in [3.63, 3.8) is 0 Å². The van der Waals surface area contributed by atoms with E-state index in [2.05, 4.69) is 21.4 Å². The highest BCUT2D eigenvalue weighted by atomic mass is 19.3. The van der Waals surface area contributed by atoms with Crippen LogP contribution in [0.25, 0.3) is 6.08 Å². The van der Waals surface area contributed by atoms with E-state index >= 15 is 0 Å². The van der Waals surface area contributed by atoms with Crippen molar-refractivity contribution in [1.82, 2.24) is 5.32 Å². The van der Waals surface area contributed by atoms with Crippen LogP contribution >= 0.6 is 0 Å². The van der Waals surface area contributed by atoms with Gasteiger partial charge in [0.15, 0.2) is 0 Å². The molecule has 1 aromatic carbocycles. The third-order valence-electron chi connectivity index (χ3n) is 2.26. The van der Waals surface area contributed by atoms with Crippen molar-refractivity contribution in [2.24, 2.45) is 0 Å². The highest BCUT2D eigenvalue weighted by Crippen LogP contribution is 2.28. The molecule has 0 fully saturated rings. The molecule has 4 nitrogen and oxygen atoms in total. The Morgan fingerprint density at radius 3 is 2.50 bits per heavy atom. The van der Waals surface area contributed by atoms with Crippen LogP contribution in [0, 0.1) is 0 Å². The Morgan fingerprint density at radius 1 is 1.23 bits per heavy atom. The fraction of sp³-hybridized carbons (Fsp3) is 0.214. The molecule has 0 aliphatic carbocycles. The monoisotopic (exact) mass is 319 g/mol. The number of nitrogens with one attached hydrogen (secondary N) is 1. The molecule has 0 aliphatic rings. The van der Waals surface area contributed by atoms with Gasteiger partial charge in [0, 0.05) is 24.3 Å². The average molecular weight is 319 g/mol. The molecule has 8 heteroatoms. The predicted octanol–water partition coefficient (Wildman–Crippen LogP) is 3.20. The lowest BCUT2D eigenvalue weighted by atomic mass is 10.1. The zero-order valence-electron chi connectivity index (χ0n) is 11.3. The number of carbonyl (C=O) groups is 1. The van der Waals surface area contributed by atoms with Gasteiger partial charge in [-0.05, 0) is 18.2 Å². The molecule has 0 spiro atoms. The number of carbonyl (C=O) groups excluding carboxylic acids is 1. The topological polar surface area (TPSA) is 47.6 Å². The van der Waals surface area contributed by atoms with E-state index in [0.717, 1.165) is 18.2 Å². The van der Waals surface area contributed by atoms with E-state index in [0.29, 0.717) is 0 Å². The molecular formula is C14H13F4NO3. The molecule has 1 aromatic rings. The van der Waals surface area contributed by atoms with Crippen LogP contribution in [0.15, 0.2) is 36.9 Å². The van der Waals surface area contributed by atoms with Gasteiger partial charge in [-0.3, -0.25) is 4.79 Å². The number of ether oxygens (including phenoxy) is 2. The number of halogens is 4. The number of benzene rings is 1. The van der Waals surface area contributed by atoms with E-state index in [1.165, 1.54) is 18.2 Å². The molecule has 1 N–H and O–H groups in total. The lowest BCUT2D eigenvalue weighted by Gasteiger charge is -2.11. The SMILES string of the molecule is C=CCNC(=O)/C=C/c1ccc(OC(F)F)cc1OC(F)F. The van der Waals surface area contributed by atoms with Gasteiger partial charge in [-0.25, -0.2) is 0 Å². The first-order valence-corrected chi connectivity index (χ1v) is 6.03. The Hall–Kier alpha value is -2.51. The first-order valence-electron chi connectivity index (χ1n) is 6.03. The molecule has 1 amide bonds. The van der Waals surface area contributed by atoms with E-state index in [4.69, 9.17) is 0 Å². The van der Waals surface area contributed by atoms with Crippen molar-refractivity contribution in [2.75, 3.05) is 6.54 Å². The van der Waals surface area contributed by atoms with Gasteiger partial charge in [0.2, 0.25) is 5.91 Å². The van der Waals surface area contributed by atoms with Crippen LogP contribution in [0.5, 0.6) is 11.5 Å². The molecule has 0 saturated heterocycles. The number of rotatable bonds is 8. The van der Waals surface area contributed by atoms with Crippen molar-refractivity contribution in [2.45, 2.75) is 13.2 Å². The Bertz CT molecular complexity index is 547. The number of hydrogen-bond donors (Lipinski definition) is 1. The largest absolute Gasteiger partial charge is 0.435 e. The van der Waals surface area contributed by atoms with Gasteiger partial charge in [-0.1, -0.05) is 6.08 Å². The zero-order chi connectivity index (χ0) is 16.5. The summed E-state index contributed by atoms with van der Waals surface area (Å²) in [6, 6.07) is 3.25. The average Bonchev–Trinajstić information content (AvgIpc) is 2.43. The van der Waals surface area contributed by atoms with E-state index in [9.17, 15) is 22.4 Å². The maximum absolute atomic E-state index is 12.3. The maximum atomic E-state index is 12.3. The Kier molecular flexibility index (Phi) is 6.94. The molecule has 0 aliphatic heterocycles. The molecule has 0 unspecified atom stereocenters. The van der Waals surface area contributed by atoms with Crippen LogP contribution in [0.2, 0.25) is 0 Å². The molecule has 0 saturated carbocycles. The summed E-state index contributed by atoms with van der Waals surface area (Å²) in [7, 11) is 0. The maximum Gasteiger partial charge on any atom is 0.387 e. The predicted molar refractivity (Wildman–Crippen MR) is 71.9 cm³/mol. The molecule has 0 atom stereocenters. The Morgan fingerprint density at radius 2 is 1.91 bits per heavy atom. The summed E-state index contributed by atoms with van der Waals surface area (Å²) in [6.45, 7) is -2.59. The number of hydrogen-bond acceptors (Lipinski definition) is 3. The second-order valence-electron chi connectivity index (χ2n) is 3.82. The second-order valence-corrected chi connectivity index (χ2v) is 3.82. The molecule has 0 bridgehead atoms. The smallest absolute Gasteiger partial charge is 0.387 e. The summed E-state index contributed by atoms with van der Waals surface area (Å²) >= 11 is 0. The van der Waals surface area contributed by atoms with Crippen LogP contribution < -0.4 is 14.8 Å². The summed E-state index contributed by atoms with van der Waals surface area (Å²) in [5.74, 6) is -1.20. The molecule has 120 valence electrons.